The lowest BCUT2D eigenvalue weighted by Gasteiger charge is -2.42. The summed E-state index contributed by atoms with van der Waals surface area (Å²) < 4.78 is 24.0. The van der Waals surface area contributed by atoms with Crippen molar-refractivity contribution in [3.63, 3.8) is 0 Å². The molecule has 4 aromatic heterocycles. The van der Waals surface area contributed by atoms with Crippen LogP contribution in [-0.2, 0) is 21.2 Å². The molecule has 1 unspecified atom stereocenters. The van der Waals surface area contributed by atoms with Gasteiger partial charge in [0.2, 0.25) is 5.95 Å². The van der Waals surface area contributed by atoms with Crippen molar-refractivity contribution in [1.29, 1.82) is 0 Å². The third kappa shape index (κ3) is 5.41. The van der Waals surface area contributed by atoms with Crippen LogP contribution >= 0.6 is 0 Å². The molecule has 6 heterocycles. The number of pyridine rings is 3. The van der Waals surface area contributed by atoms with Gasteiger partial charge in [-0.25, -0.2) is 28.2 Å². The second kappa shape index (κ2) is 10.9. The van der Waals surface area contributed by atoms with Gasteiger partial charge < -0.3 is 15.5 Å². The molecule has 2 saturated heterocycles. The zero-order valence-corrected chi connectivity index (χ0v) is 25.0. The lowest BCUT2D eigenvalue weighted by molar-refractivity contribution is -0.126. The van der Waals surface area contributed by atoms with Gasteiger partial charge in [0.05, 0.1) is 45.3 Å². The maximum absolute atomic E-state index is 12.8. The van der Waals surface area contributed by atoms with Crippen LogP contribution in [0.3, 0.4) is 0 Å². The van der Waals surface area contributed by atoms with Crippen molar-refractivity contribution in [1.82, 2.24) is 40.9 Å². The molecule has 1 spiro atoms. The fourth-order valence-electron chi connectivity index (χ4n) is 5.57. The maximum atomic E-state index is 12.8. The first-order valence-electron chi connectivity index (χ1n) is 13.9. The summed E-state index contributed by atoms with van der Waals surface area (Å²) in [6.07, 6.45) is 6.16. The van der Waals surface area contributed by atoms with Crippen molar-refractivity contribution < 1.29 is 22.8 Å². The number of urea groups is 1. The number of nitrogens with zero attached hydrogens (tertiary/aromatic N) is 6. The van der Waals surface area contributed by atoms with Gasteiger partial charge in [-0.05, 0) is 43.7 Å². The van der Waals surface area contributed by atoms with Gasteiger partial charge in [0.25, 0.3) is 11.8 Å². The maximum Gasteiger partial charge on any atom is 0.322 e. The van der Waals surface area contributed by atoms with Gasteiger partial charge in [0, 0.05) is 49.2 Å². The van der Waals surface area contributed by atoms with E-state index in [9.17, 15) is 22.8 Å². The molecule has 44 heavy (non-hydrogen) atoms. The normalized spacial score (nSPS) is 20.1. The monoisotopic (exact) mass is 615 g/mol. The molecule has 2 fully saturated rings. The average Bonchev–Trinajstić information content (AvgIpc) is 3.29. The smallest absolute Gasteiger partial charge is 0.322 e. The topological polar surface area (TPSA) is 189 Å². The summed E-state index contributed by atoms with van der Waals surface area (Å²) in [5.41, 5.74) is 1.96. The Morgan fingerprint density at radius 1 is 1.09 bits per heavy atom. The molecular formula is C29H29N9O5S. The number of rotatable bonds is 6. The van der Waals surface area contributed by atoms with Crippen molar-refractivity contribution in [2.45, 2.75) is 37.2 Å². The third-order valence-electron chi connectivity index (χ3n) is 8.03. The lowest BCUT2D eigenvalue weighted by Crippen LogP contribution is -2.60. The highest BCUT2D eigenvalue weighted by molar-refractivity contribution is 7.90. The minimum Gasteiger partial charge on any atom is -0.346 e. The molecule has 0 aromatic carbocycles. The van der Waals surface area contributed by atoms with Gasteiger partial charge in [-0.2, -0.15) is 0 Å². The van der Waals surface area contributed by atoms with E-state index in [1.54, 1.807) is 31.5 Å². The van der Waals surface area contributed by atoms with Crippen LogP contribution in [0.5, 0.6) is 0 Å². The van der Waals surface area contributed by atoms with E-state index in [0.29, 0.717) is 53.8 Å². The number of hydrogen-bond donors (Lipinski definition) is 3. The molecule has 0 saturated carbocycles. The lowest BCUT2D eigenvalue weighted by atomic mass is 9.79. The molecule has 4 aromatic rings. The highest BCUT2D eigenvalue weighted by atomic mass is 32.2. The van der Waals surface area contributed by atoms with Gasteiger partial charge in [0.15, 0.2) is 9.84 Å². The minimum absolute atomic E-state index is 0.00650. The van der Waals surface area contributed by atoms with E-state index in [0.717, 1.165) is 11.6 Å². The first kappa shape index (κ1) is 29.0. The quantitative estimate of drug-likeness (QED) is 0.267. The number of aryl methyl sites for hydroxylation is 1. The highest BCUT2D eigenvalue weighted by Crippen LogP contribution is 2.32. The zero-order chi connectivity index (χ0) is 31.2. The molecule has 14 nitrogen and oxygen atoms in total. The first-order chi connectivity index (χ1) is 20.9. The number of amides is 4. The van der Waals surface area contributed by atoms with Crippen molar-refractivity contribution in [3.8, 4) is 11.4 Å². The first-order valence-corrected chi connectivity index (χ1v) is 15.7. The Morgan fingerprint density at radius 3 is 2.61 bits per heavy atom. The van der Waals surface area contributed by atoms with Gasteiger partial charge >= 0.3 is 6.03 Å². The molecule has 0 bridgehead atoms. The van der Waals surface area contributed by atoms with Crippen LogP contribution in [-0.4, -0.2) is 76.1 Å². The predicted octanol–water partition coefficient (Wildman–Crippen LogP) is 1.55. The van der Waals surface area contributed by atoms with E-state index in [2.05, 4.69) is 30.9 Å². The zero-order valence-electron chi connectivity index (χ0n) is 24.2. The summed E-state index contributed by atoms with van der Waals surface area (Å²) in [4.78, 5) is 61.5. The molecule has 3 N–H and O–H groups in total. The molecule has 0 aliphatic carbocycles. The minimum atomic E-state index is -3.53. The van der Waals surface area contributed by atoms with Crippen LogP contribution in [0.25, 0.3) is 22.3 Å². The molecule has 6 rings (SSSR count). The standard InChI is InChI=1S/C29H29N9O5S/c1-16-15-38(9-7-29(16)26(40)36-28(41)37-29)27-30-8-6-22(35-27)21-5-4-18-12-32-20(11-23(18)34-21)14-33-25(39)19-10-24(44(3,42)43)17(2)31-13-19/h4-6,8,10-13,16H,7,9,14-15H2,1-3H3,(H,33,39)(H2,36,37,40,41)/t16-,29?/m1/s1. The Morgan fingerprint density at radius 2 is 1.89 bits per heavy atom. The number of piperidine rings is 1. The summed E-state index contributed by atoms with van der Waals surface area (Å²) in [7, 11) is -3.53. The fourth-order valence-corrected chi connectivity index (χ4v) is 6.50. The number of sulfone groups is 1. The SMILES string of the molecule is Cc1ncc(C(=O)NCc2cc3nc(-c4ccnc(N5CCC6(NC(=O)NC6=O)[C@H](C)C5)n4)ccc3cn2)cc1S(C)(=O)=O. The van der Waals surface area contributed by atoms with Crippen molar-refractivity contribution in [2.24, 2.45) is 5.92 Å². The Balaban J connectivity index is 1.18. The summed E-state index contributed by atoms with van der Waals surface area (Å²) in [5.74, 6) is -0.442. The molecule has 2 atom stereocenters. The van der Waals surface area contributed by atoms with E-state index in [1.807, 2.05) is 24.0 Å². The number of imide groups is 1. The number of carbonyl (C=O) groups excluding carboxylic acids is 3. The van der Waals surface area contributed by atoms with Crippen LogP contribution < -0.4 is 20.9 Å². The van der Waals surface area contributed by atoms with Crippen LogP contribution in [0, 0.1) is 12.8 Å². The number of aromatic nitrogens is 5. The number of anilines is 1. The summed E-state index contributed by atoms with van der Waals surface area (Å²) in [5, 5.41) is 8.70. The molecule has 0 radical (unpaired) electrons. The largest absolute Gasteiger partial charge is 0.346 e. The molecule has 2 aliphatic heterocycles. The van der Waals surface area contributed by atoms with Crippen molar-refractivity contribution >= 4 is 44.5 Å². The Kier molecular flexibility index (Phi) is 7.19. The van der Waals surface area contributed by atoms with E-state index in [-0.39, 0.29) is 28.8 Å². The summed E-state index contributed by atoms with van der Waals surface area (Å²) >= 11 is 0. The van der Waals surface area contributed by atoms with Gasteiger partial charge in [-0.15, -0.1) is 0 Å². The van der Waals surface area contributed by atoms with Crippen molar-refractivity contribution in [3.05, 3.63) is 65.9 Å². The Labute approximate surface area is 252 Å². The molecule has 15 heteroatoms. The number of hydrogen-bond acceptors (Lipinski definition) is 11. The van der Waals surface area contributed by atoms with Gasteiger partial charge in [-0.3, -0.25) is 24.9 Å². The second-order valence-corrected chi connectivity index (χ2v) is 13.0. The molecule has 4 amide bonds. The predicted molar refractivity (Wildman–Crippen MR) is 159 cm³/mol. The van der Waals surface area contributed by atoms with Gasteiger partial charge in [0.1, 0.15) is 5.54 Å². The average molecular weight is 616 g/mol. The molecule has 226 valence electrons. The van der Waals surface area contributed by atoms with Crippen molar-refractivity contribution in [2.75, 3.05) is 24.2 Å². The third-order valence-corrected chi connectivity index (χ3v) is 9.24. The fraction of sp³-hybridized carbons (Fsp3) is 0.310. The van der Waals surface area contributed by atoms with Crippen LogP contribution in [0.1, 0.15) is 35.1 Å². The van der Waals surface area contributed by atoms with Crippen LogP contribution in [0.15, 0.2) is 53.8 Å². The number of nitrogens with one attached hydrogen (secondary N) is 3. The van der Waals surface area contributed by atoms with Crippen LogP contribution in [0.4, 0.5) is 10.7 Å². The highest BCUT2D eigenvalue weighted by Gasteiger charge is 2.52. The van der Waals surface area contributed by atoms with E-state index < -0.39 is 27.3 Å². The van der Waals surface area contributed by atoms with Crippen LogP contribution in [0.2, 0.25) is 0 Å². The van der Waals surface area contributed by atoms with Gasteiger partial charge in [-0.1, -0.05) is 6.92 Å². The van der Waals surface area contributed by atoms with E-state index >= 15 is 0 Å². The van der Waals surface area contributed by atoms with E-state index in [4.69, 9.17) is 9.97 Å². The van der Waals surface area contributed by atoms with E-state index in [1.165, 1.54) is 12.3 Å². The summed E-state index contributed by atoms with van der Waals surface area (Å²) in [6.45, 7) is 4.56. The second-order valence-electron chi connectivity index (χ2n) is 11.0. The summed E-state index contributed by atoms with van der Waals surface area (Å²) in [6, 6.07) is 8.10. The number of carbonyl (C=O) groups is 3. The Hall–Kier alpha value is -5.05. The molecular weight excluding hydrogens is 586 g/mol. The Bertz CT molecular complexity index is 1950. The number of fused-ring (bicyclic) bond motifs is 1. The molecule has 2 aliphatic rings.